The number of aliphatic imine (C=N–C) groups is 1. The first-order chi connectivity index (χ1) is 4.66. The fraction of sp³-hybridized carbons (Fsp3) is 0.625. The van der Waals surface area contributed by atoms with E-state index in [2.05, 4.69) is 24.9 Å². The van der Waals surface area contributed by atoms with E-state index in [0.717, 1.165) is 0 Å². The molecule has 0 fully saturated rings. The molecule has 0 amide bonds. The highest BCUT2D eigenvalue weighted by atomic mass is 15.1. The predicted molar refractivity (Wildman–Crippen MR) is 46.2 cm³/mol. The van der Waals surface area contributed by atoms with Crippen molar-refractivity contribution in [1.82, 2.24) is 4.90 Å². The minimum absolute atomic E-state index is 0.604. The van der Waals surface area contributed by atoms with Gasteiger partial charge in [-0.15, -0.1) is 0 Å². The van der Waals surface area contributed by atoms with Gasteiger partial charge in [0.1, 0.15) is 0 Å². The molecular weight excluding hydrogens is 124 g/mol. The van der Waals surface area contributed by atoms with Gasteiger partial charge in [-0.2, -0.15) is 0 Å². The van der Waals surface area contributed by atoms with Gasteiger partial charge in [0.25, 0.3) is 0 Å². The Morgan fingerprint density at radius 2 is 2.00 bits per heavy atom. The van der Waals surface area contributed by atoms with Gasteiger partial charge in [-0.25, -0.2) is 0 Å². The van der Waals surface area contributed by atoms with Gasteiger partial charge in [0.05, 0.1) is 6.34 Å². The number of hydrogen-bond donors (Lipinski definition) is 0. The molecule has 10 heavy (non-hydrogen) atoms. The van der Waals surface area contributed by atoms with Crippen LogP contribution in [0.2, 0.25) is 0 Å². The maximum Gasteiger partial charge on any atom is 0.0883 e. The molecule has 0 aromatic rings. The Bertz CT molecular complexity index is 125. The molecule has 0 heterocycles. The molecule has 0 aliphatic rings. The molecule has 0 unspecified atom stereocenters. The Hall–Kier alpha value is -0.790. The fourth-order valence-electron chi connectivity index (χ4n) is 0.529. The molecule has 58 valence electrons. The van der Waals surface area contributed by atoms with Crippen LogP contribution in [0.4, 0.5) is 0 Å². The van der Waals surface area contributed by atoms with Crippen LogP contribution in [-0.2, 0) is 0 Å². The lowest BCUT2D eigenvalue weighted by atomic mass is 10.2. The van der Waals surface area contributed by atoms with Gasteiger partial charge in [0, 0.05) is 20.3 Å². The SMILES string of the molecule is CN=CN(C)/C=C\C(C)C. The molecule has 0 radical (unpaired) electrons. The van der Waals surface area contributed by atoms with E-state index >= 15 is 0 Å². The van der Waals surface area contributed by atoms with Crippen molar-refractivity contribution >= 4 is 6.34 Å². The first kappa shape index (κ1) is 9.21. The maximum absolute atomic E-state index is 3.86. The van der Waals surface area contributed by atoms with E-state index < -0.39 is 0 Å². The summed E-state index contributed by atoms with van der Waals surface area (Å²) in [5.41, 5.74) is 0. The highest BCUT2D eigenvalue weighted by Gasteiger charge is 1.84. The first-order valence-corrected chi connectivity index (χ1v) is 3.49. The maximum atomic E-state index is 3.86. The van der Waals surface area contributed by atoms with Crippen LogP contribution >= 0.6 is 0 Å². The third-order valence-electron chi connectivity index (χ3n) is 1.00. The molecule has 0 saturated carbocycles. The zero-order valence-corrected chi connectivity index (χ0v) is 7.20. The largest absolute Gasteiger partial charge is 0.343 e. The first-order valence-electron chi connectivity index (χ1n) is 3.49. The Kier molecular flexibility index (Phi) is 4.63. The van der Waals surface area contributed by atoms with Crippen LogP contribution in [0.3, 0.4) is 0 Å². The molecule has 0 aromatic heterocycles. The highest BCUT2D eigenvalue weighted by Crippen LogP contribution is 1.93. The van der Waals surface area contributed by atoms with Gasteiger partial charge in [-0.3, -0.25) is 4.99 Å². The summed E-state index contributed by atoms with van der Waals surface area (Å²) in [6.07, 6.45) is 5.91. The Labute approximate surface area is 63.3 Å². The summed E-state index contributed by atoms with van der Waals surface area (Å²) in [5.74, 6) is 0.604. The zero-order valence-electron chi connectivity index (χ0n) is 7.20. The minimum Gasteiger partial charge on any atom is -0.343 e. The molecule has 0 atom stereocenters. The standard InChI is InChI=1S/C8H16N2/c1-8(2)5-6-10(4)7-9-3/h5-8H,1-4H3/b6-5-,9-7?. The molecule has 0 aliphatic carbocycles. The quantitative estimate of drug-likeness (QED) is 0.430. The second-order valence-electron chi connectivity index (χ2n) is 2.62. The predicted octanol–water partition coefficient (Wildman–Crippen LogP) is 1.75. The third-order valence-corrected chi connectivity index (χ3v) is 1.00. The minimum atomic E-state index is 0.604. The Balaban J connectivity index is 3.66. The van der Waals surface area contributed by atoms with Crippen molar-refractivity contribution in [2.24, 2.45) is 10.9 Å². The van der Waals surface area contributed by atoms with E-state index in [1.807, 2.05) is 18.1 Å². The molecule has 2 nitrogen and oxygen atoms in total. The van der Waals surface area contributed by atoms with Gasteiger partial charge in [0.2, 0.25) is 0 Å². The van der Waals surface area contributed by atoms with Crippen LogP contribution in [0, 0.1) is 5.92 Å². The molecule has 0 spiro atoms. The molecule has 0 N–H and O–H groups in total. The van der Waals surface area contributed by atoms with Gasteiger partial charge in [-0.05, 0) is 5.92 Å². The normalized spacial score (nSPS) is 12.1. The van der Waals surface area contributed by atoms with E-state index in [-0.39, 0.29) is 0 Å². The van der Waals surface area contributed by atoms with E-state index in [1.54, 1.807) is 13.4 Å². The van der Waals surface area contributed by atoms with Crippen LogP contribution in [0.5, 0.6) is 0 Å². The van der Waals surface area contributed by atoms with Crippen LogP contribution in [0.25, 0.3) is 0 Å². The summed E-state index contributed by atoms with van der Waals surface area (Å²) in [6, 6.07) is 0. The number of nitrogens with zero attached hydrogens (tertiary/aromatic N) is 2. The summed E-state index contributed by atoms with van der Waals surface area (Å²) in [6.45, 7) is 4.29. The lowest BCUT2D eigenvalue weighted by Crippen LogP contribution is -2.06. The molecular formula is C8H16N2. The second-order valence-corrected chi connectivity index (χ2v) is 2.62. The van der Waals surface area contributed by atoms with Crippen molar-refractivity contribution in [3.8, 4) is 0 Å². The second kappa shape index (κ2) is 5.03. The lowest BCUT2D eigenvalue weighted by Gasteiger charge is -2.05. The topological polar surface area (TPSA) is 15.6 Å². The van der Waals surface area contributed by atoms with Crippen LogP contribution < -0.4 is 0 Å². The highest BCUT2D eigenvalue weighted by molar-refractivity contribution is 5.55. The van der Waals surface area contributed by atoms with Crippen LogP contribution in [0.1, 0.15) is 13.8 Å². The van der Waals surface area contributed by atoms with Crippen LogP contribution in [-0.4, -0.2) is 25.3 Å². The smallest absolute Gasteiger partial charge is 0.0883 e. The van der Waals surface area contributed by atoms with Crippen molar-refractivity contribution in [2.75, 3.05) is 14.1 Å². The molecule has 0 saturated heterocycles. The number of rotatable bonds is 3. The van der Waals surface area contributed by atoms with Crippen molar-refractivity contribution in [3.63, 3.8) is 0 Å². The summed E-state index contributed by atoms with van der Waals surface area (Å²) in [5, 5.41) is 0. The van der Waals surface area contributed by atoms with Crippen LogP contribution in [0.15, 0.2) is 17.3 Å². The number of hydrogen-bond acceptors (Lipinski definition) is 1. The van der Waals surface area contributed by atoms with E-state index in [1.165, 1.54) is 0 Å². The van der Waals surface area contributed by atoms with Gasteiger partial charge < -0.3 is 4.90 Å². The molecule has 0 aliphatic heterocycles. The average Bonchev–Trinajstić information content (AvgIpc) is 1.85. The summed E-state index contributed by atoms with van der Waals surface area (Å²) in [7, 11) is 3.73. The van der Waals surface area contributed by atoms with Crippen molar-refractivity contribution < 1.29 is 0 Å². The monoisotopic (exact) mass is 140 g/mol. The Morgan fingerprint density at radius 1 is 1.40 bits per heavy atom. The Morgan fingerprint density at radius 3 is 2.40 bits per heavy atom. The summed E-state index contributed by atoms with van der Waals surface area (Å²) >= 11 is 0. The van der Waals surface area contributed by atoms with Crippen molar-refractivity contribution in [2.45, 2.75) is 13.8 Å². The van der Waals surface area contributed by atoms with Gasteiger partial charge in [0.15, 0.2) is 0 Å². The molecule has 0 rings (SSSR count). The zero-order chi connectivity index (χ0) is 7.98. The fourth-order valence-corrected chi connectivity index (χ4v) is 0.529. The average molecular weight is 140 g/mol. The summed E-state index contributed by atoms with van der Waals surface area (Å²) < 4.78 is 0. The third kappa shape index (κ3) is 5.35. The molecule has 2 heteroatoms. The molecule has 0 aromatic carbocycles. The van der Waals surface area contributed by atoms with E-state index in [4.69, 9.17) is 0 Å². The van der Waals surface area contributed by atoms with E-state index in [9.17, 15) is 0 Å². The van der Waals surface area contributed by atoms with Gasteiger partial charge in [-0.1, -0.05) is 19.9 Å². The molecule has 0 bridgehead atoms. The van der Waals surface area contributed by atoms with E-state index in [0.29, 0.717) is 5.92 Å². The number of allylic oxidation sites excluding steroid dienone is 1. The van der Waals surface area contributed by atoms with Gasteiger partial charge >= 0.3 is 0 Å². The summed E-state index contributed by atoms with van der Waals surface area (Å²) in [4.78, 5) is 5.79. The van der Waals surface area contributed by atoms with Crippen molar-refractivity contribution in [3.05, 3.63) is 12.3 Å². The lowest BCUT2D eigenvalue weighted by molar-refractivity contribution is 0.689. The van der Waals surface area contributed by atoms with Crippen molar-refractivity contribution in [1.29, 1.82) is 0 Å².